The lowest BCUT2D eigenvalue weighted by molar-refractivity contribution is 0.197. The number of hydrogen-bond donors (Lipinski definition) is 1. The predicted molar refractivity (Wildman–Crippen MR) is 68.3 cm³/mol. The van der Waals surface area contributed by atoms with Gasteiger partial charge in [0.1, 0.15) is 5.69 Å². The van der Waals surface area contributed by atoms with Crippen molar-refractivity contribution in [1.29, 1.82) is 0 Å². The van der Waals surface area contributed by atoms with Gasteiger partial charge in [0.15, 0.2) is 5.82 Å². The first-order valence-corrected chi connectivity index (χ1v) is 6.01. The molecule has 2 aromatic heterocycles. The Morgan fingerprint density at radius 2 is 2.00 bits per heavy atom. The minimum absolute atomic E-state index is 0.554. The summed E-state index contributed by atoms with van der Waals surface area (Å²) in [6.07, 6.45) is 2.80. The van der Waals surface area contributed by atoms with E-state index in [1.807, 2.05) is 19.1 Å². The van der Waals surface area contributed by atoms with Crippen LogP contribution in [0, 0.1) is 6.92 Å². The number of nitrogens with zero attached hydrogens (tertiary/aromatic N) is 3. The molecule has 1 atom stereocenters. The van der Waals surface area contributed by atoms with E-state index in [0.717, 1.165) is 15.7 Å². The van der Waals surface area contributed by atoms with Gasteiger partial charge in [-0.2, -0.15) is 0 Å². The predicted octanol–water partition coefficient (Wildman–Crippen LogP) is 2.66. The molecule has 0 aromatic carbocycles. The molecular weight excluding hydrogens is 282 g/mol. The summed E-state index contributed by atoms with van der Waals surface area (Å²) in [5.41, 5.74) is 2.23. The van der Waals surface area contributed by atoms with Crippen molar-refractivity contribution in [3.8, 4) is 11.5 Å². The van der Waals surface area contributed by atoms with Gasteiger partial charge in [-0.05, 0) is 41.9 Å². The van der Waals surface area contributed by atoms with Crippen molar-refractivity contribution in [3.05, 3.63) is 40.3 Å². The molecular formula is C12H12BrN3O. The second-order valence-electron chi connectivity index (χ2n) is 3.77. The van der Waals surface area contributed by atoms with Crippen molar-refractivity contribution in [2.75, 3.05) is 0 Å². The molecule has 0 aliphatic carbocycles. The number of rotatable bonds is 2. The fourth-order valence-corrected chi connectivity index (χ4v) is 1.75. The minimum atomic E-state index is -0.554. The average Bonchev–Trinajstić information content (AvgIpc) is 2.29. The van der Waals surface area contributed by atoms with Crippen molar-refractivity contribution in [2.24, 2.45) is 0 Å². The Morgan fingerprint density at radius 1 is 1.24 bits per heavy atom. The molecule has 1 unspecified atom stereocenters. The third-order valence-corrected chi connectivity index (χ3v) is 2.89. The van der Waals surface area contributed by atoms with E-state index in [1.54, 1.807) is 19.3 Å². The van der Waals surface area contributed by atoms with Gasteiger partial charge in [-0.25, -0.2) is 9.97 Å². The highest BCUT2D eigenvalue weighted by atomic mass is 79.9. The summed E-state index contributed by atoms with van der Waals surface area (Å²) in [7, 11) is 0. The van der Waals surface area contributed by atoms with Crippen LogP contribution < -0.4 is 0 Å². The Morgan fingerprint density at radius 3 is 2.53 bits per heavy atom. The highest BCUT2D eigenvalue weighted by Gasteiger charge is 2.09. The Hall–Kier alpha value is -1.33. The molecule has 0 radical (unpaired) electrons. The van der Waals surface area contributed by atoms with Crippen LogP contribution in [0.5, 0.6) is 0 Å². The van der Waals surface area contributed by atoms with Gasteiger partial charge in [-0.3, -0.25) is 4.98 Å². The molecule has 2 rings (SSSR count). The third kappa shape index (κ3) is 2.68. The Balaban J connectivity index is 2.41. The zero-order valence-electron chi connectivity index (χ0n) is 9.55. The zero-order valence-corrected chi connectivity index (χ0v) is 11.1. The molecule has 0 saturated heterocycles. The van der Waals surface area contributed by atoms with Crippen molar-refractivity contribution in [3.63, 3.8) is 0 Å². The van der Waals surface area contributed by atoms with Crippen LogP contribution in [-0.2, 0) is 0 Å². The quantitative estimate of drug-likeness (QED) is 0.925. The molecule has 4 nitrogen and oxygen atoms in total. The molecule has 0 bridgehead atoms. The second kappa shape index (κ2) is 4.89. The summed E-state index contributed by atoms with van der Waals surface area (Å²) in [6.45, 7) is 3.55. The van der Waals surface area contributed by atoms with Crippen LogP contribution in [0.3, 0.4) is 0 Å². The number of pyridine rings is 1. The van der Waals surface area contributed by atoms with Gasteiger partial charge < -0.3 is 5.11 Å². The van der Waals surface area contributed by atoms with E-state index in [1.165, 1.54) is 0 Å². The van der Waals surface area contributed by atoms with Crippen LogP contribution in [0.4, 0.5) is 0 Å². The summed E-state index contributed by atoms with van der Waals surface area (Å²) in [4.78, 5) is 12.8. The zero-order chi connectivity index (χ0) is 12.4. The molecule has 0 aliphatic heterocycles. The maximum Gasteiger partial charge on any atom is 0.178 e. The highest BCUT2D eigenvalue weighted by Crippen LogP contribution is 2.19. The van der Waals surface area contributed by atoms with Gasteiger partial charge in [0.25, 0.3) is 0 Å². The standard InChI is InChI=1S/C12H12BrN3O/c1-7-10(8(2)17)6-15-12(16-7)11-4-3-9(13)5-14-11/h3-6,8,17H,1-2H3. The Kier molecular flexibility index (Phi) is 3.49. The molecule has 88 valence electrons. The monoisotopic (exact) mass is 293 g/mol. The second-order valence-corrected chi connectivity index (χ2v) is 4.69. The van der Waals surface area contributed by atoms with E-state index in [-0.39, 0.29) is 0 Å². The lowest BCUT2D eigenvalue weighted by atomic mass is 10.1. The summed E-state index contributed by atoms with van der Waals surface area (Å²) in [5.74, 6) is 0.569. The van der Waals surface area contributed by atoms with Crippen molar-refractivity contribution >= 4 is 15.9 Å². The van der Waals surface area contributed by atoms with E-state index >= 15 is 0 Å². The molecule has 0 saturated carbocycles. The maximum absolute atomic E-state index is 9.50. The average molecular weight is 294 g/mol. The number of hydrogen-bond acceptors (Lipinski definition) is 4. The first-order valence-electron chi connectivity index (χ1n) is 5.21. The van der Waals surface area contributed by atoms with Crippen molar-refractivity contribution < 1.29 is 5.11 Å². The Labute approximate surface area is 108 Å². The molecule has 17 heavy (non-hydrogen) atoms. The number of aliphatic hydroxyl groups excluding tert-OH is 1. The van der Waals surface area contributed by atoms with Crippen molar-refractivity contribution in [1.82, 2.24) is 15.0 Å². The number of halogens is 1. The Bertz CT molecular complexity index is 526. The van der Waals surface area contributed by atoms with Crippen LogP contribution in [0.1, 0.15) is 24.3 Å². The maximum atomic E-state index is 9.50. The summed E-state index contributed by atoms with van der Waals surface area (Å²) in [5, 5.41) is 9.50. The summed E-state index contributed by atoms with van der Waals surface area (Å²) >= 11 is 3.33. The van der Waals surface area contributed by atoms with Gasteiger partial charge >= 0.3 is 0 Å². The van der Waals surface area contributed by atoms with Crippen LogP contribution in [0.2, 0.25) is 0 Å². The summed E-state index contributed by atoms with van der Waals surface area (Å²) < 4.78 is 0.915. The molecule has 5 heteroatoms. The molecule has 0 spiro atoms. The number of aromatic nitrogens is 3. The molecule has 1 N–H and O–H groups in total. The third-order valence-electron chi connectivity index (χ3n) is 2.42. The highest BCUT2D eigenvalue weighted by molar-refractivity contribution is 9.10. The van der Waals surface area contributed by atoms with E-state index in [2.05, 4.69) is 30.9 Å². The van der Waals surface area contributed by atoms with Crippen LogP contribution in [0.25, 0.3) is 11.5 Å². The molecule has 0 fully saturated rings. The van der Waals surface area contributed by atoms with Gasteiger partial charge in [0.2, 0.25) is 0 Å². The lowest BCUT2D eigenvalue weighted by Gasteiger charge is -2.08. The van der Waals surface area contributed by atoms with Crippen LogP contribution in [0.15, 0.2) is 29.0 Å². The van der Waals surface area contributed by atoms with Crippen LogP contribution in [-0.4, -0.2) is 20.1 Å². The van der Waals surface area contributed by atoms with Gasteiger partial charge in [0, 0.05) is 28.1 Å². The van der Waals surface area contributed by atoms with Gasteiger partial charge in [-0.1, -0.05) is 0 Å². The topological polar surface area (TPSA) is 58.9 Å². The normalized spacial score (nSPS) is 12.5. The molecule has 2 aromatic rings. The van der Waals surface area contributed by atoms with E-state index in [4.69, 9.17) is 0 Å². The first kappa shape index (κ1) is 12.1. The van der Waals surface area contributed by atoms with E-state index < -0.39 is 6.10 Å². The fraction of sp³-hybridized carbons (Fsp3) is 0.250. The number of aryl methyl sites for hydroxylation is 1. The minimum Gasteiger partial charge on any atom is -0.389 e. The van der Waals surface area contributed by atoms with E-state index in [0.29, 0.717) is 11.5 Å². The SMILES string of the molecule is Cc1nc(-c2ccc(Br)cn2)ncc1C(C)O. The first-order chi connectivity index (χ1) is 8.08. The van der Waals surface area contributed by atoms with E-state index in [9.17, 15) is 5.11 Å². The van der Waals surface area contributed by atoms with Gasteiger partial charge in [0.05, 0.1) is 6.10 Å². The van der Waals surface area contributed by atoms with Crippen LogP contribution >= 0.6 is 15.9 Å². The lowest BCUT2D eigenvalue weighted by Crippen LogP contribution is -2.01. The molecule has 0 amide bonds. The summed E-state index contributed by atoms with van der Waals surface area (Å²) in [6, 6.07) is 3.74. The smallest absolute Gasteiger partial charge is 0.178 e. The van der Waals surface area contributed by atoms with Gasteiger partial charge in [-0.15, -0.1) is 0 Å². The largest absolute Gasteiger partial charge is 0.389 e. The fourth-order valence-electron chi connectivity index (χ4n) is 1.52. The van der Waals surface area contributed by atoms with Crippen molar-refractivity contribution in [2.45, 2.75) is 20.0 Å². The number of aliphatic hydroxyl groups is 1. The molecule has 0 aliphatic rings. The molecule has 2 heterocycles.